The summed E-state index contributed by atoms with van der Waals surface area (Å²) in [5.74, 6) is 0.865. The standard InChI is InChI=1S/C19H16BrClN2O4/c1-12-22-17-16(20)14(23(19(24)25)9-5-8-21)10-15(18(17)27-12)26-11-13-6-3-2-4-7-13/h2-8,10H,9,11H2,1H3,(H,24,25). The van der Waals surface area contributed by atoms with Crippen molar-refractivity contribution >= 4 is 50.4 Å². The maximum atomic E-state index is 11.7. The summed E-state index contributed by atoms with van der Waals surface area (Å²) in [7, 11) is 0. The summed E-state index contributed by atoms with van der Waals surface area (Å²) in [6, 6.07) is 11.3. The minimum atomic E-state index is -1.13. The molecule has 1 amide bonds. The quantitative estimate of drug-likeness (QED) is 0.519. The smallest absolute Gasteiger partial charge is 0.412 e. The Balaban J connectivity index is 2.06. The highest BCUT2D eigenvalue weighted by Gasteiger charge is 2.23. The van der Waals surface area contributed by atoms with Gasteiger partial charge >= 0.3 is 6.09 Å². The number of fused-ring (bicyclic) bond motifs is 1. The van der Waals surface area contributed by atoms with Crippen molar-refractivity contribution in [2.45, 2.75) is 13.5 Å². The lowest BCUT2D eigenvalue weighted by Crippen LogP contribution is -2.29. The lowest BCUT2D eigenvalue weighted by Gasteiger charge is -2.20. The third-order valence-corrected chi connectivity index (χ3v) is 4.75. The molecule has 0 fully saturated rings. The van der Waals surface area contributed by atoms with Crippen LogP contribution in [0.3, 0.4) is 0 Å². The molecule has 3 rings (SSSR count). The van der Waals surface area contributed by atoms with Crippen molar-refractivity contribution in [1.82, 2.24) is 4.98 Å². The Labute approximate surface area is 169 Å². The molecule has 2 aromatic carbocycles. The first-order valence-corrected chi connectivity index (χ1v) is 9.26. The van der Waals surface area contributed by atoms with E-state index < -0.39 is 6.09 Å². The Bertz CT molecular complexity index is 988. The van der Waals surface area contributed by atoms with Crippen molar-refractivity contribution in [2.24, 2.45) is 0 Å². The number of hydrogen-bond acceptors (Lipinski definition) is 4. The van der Waals surface area contributed by atoms with Gasteiger partial charge in [0.25, 0.3) is 0 Å². The van der Waals surface area contributed by atoms with E-state index in [1.165, 1.54) is 11.6 Å². The summed E-state index contributed by atoms with van der Waals surface area (Å²) in [4.78, 5) is 17.2. The summed E-state index contributed by atoms with van der Waals surface area (Å²) in [5.41, 5.74) is 3.59. The monoisotopic (exact) mass is 450 g/mol. The van der Waals surface area contributed by atoms with E-state index in [1.807, 2.05) is 30.3 Å². The number of nitrogens with zero attached hydrogens (tertiary/aromatic N) is 2. The number of ether oxygens (including phenoxy) is 1. The van der Waals surface area contributed by atoms with Crippen molar-refractivity contribution < 1.29 is 19.1 Å². The van der Waals surface area contributed by atoms with Crippen molar-refractivity contribution in [3.05, 3.63) is 63.9 Å². The summed E-state index contributed by atoms with van der Waals surface area (Å²) in [5, 5.41) is 9.60. The fraction of sp³-hybridized carbons (Fsp3) is 0.158. The van der Waals surface area contributed by atoms with Gasteiger partial charge in [-0.05, 0) is 21.5 Å². The summed E-state index contributed by atoms with van der Waals surface area (Å²) in [6.07, 6.45) is 0.407. The van der Waals surface area contributed by atoms with Gasteiger partial charge in [-0.1, -0.05) is 48.0 Å². The van der Waals surface area contributed by atoms with Gasteiger partial charge in [-0.3, -0.25) is 4.90 Å². The van der Waals surface area contributed by atoms with Gasteiger partial charge in [0.1, 0.15) is 12.1 Å². The molecule has 6 nitrogen and oxygen atoms in total. The second kappa shape index (κ2) is 8.45. The number of anilines is 1. The van der Waals surface area contributed by atoms with E-state index in [1.54, 1.807) is 13.0 Å². The molecule has 3 aromatic rings. The Kier molecular flexibility index (Phi) is 6.03. The number of halogens is 2. The second-order valence-electron chi connectivity index (χ2n) is 5.65. The van der Waals surface area contributed by atoms with Gasteiger partial charge in [-0.2, -0.15) is 0 Å². The number of rotatable bonds is 6. The number of aryl methyl sites for hydroxylation is 1. The van der Waals surface area contributed by atoms with Crippen LogP contribution in [0, 0.1) is 6.92 Å². The van der Waals surface area contributed by atoms with Gasteiger partial charge in [-0.15, -0.1) is 0 Å². The zero-order valence-corrected chi connectivity index (χ0v) is 16.7. The van der Waals surface area contributed by atoms with Crippen LogP contribution in [0.25, 0.3) is 11.1 Å². The predicted molar refractivity (Wildman–Crippen MR) is 108 cm³/mol. The molecule has 0 aliphatic heterocycles. The van der Waals surface area contributed by atoms with Gasteiger partial charge in [-0.25, -0.2) is 9.78 Å². The number of oxazole rings is 1. The highest BCUT2D eigenvalue weighted by molar-refractivity contribution is 9.10. The molecule has 8 heteroatoms. The van der Waals surface area contributed by atoms with E-state index in [2.05, 4.69) is 20.9 Å². The van der Waals surface area contributed by atoms with Crippen molar-refractivity contribution in [1.29, 1.82) is 0 Å². The third-order valence-electron chi connectivity index (χ3n) is 3.79. The normalized spacial score (nSPS) is 11.2. The highest BCUT2D eigenvalue weighted by Crippen LogP contribution is 2.40. The SMILES string of the molecule is Cc1nc2c(Br)c(N(CC=CCl)C(=O)O)cc(OCc3ccccc3)c2o1. The average Bonchev–Trinajstić information content (AvgIpc) is 3.05. The zero-order valence-electron chi connectivity index (χ0n) is 14.4. The maximum Gasteiger partial charge on any atom is 0.412 e. The van der Waals surface area contributed by atoms with Crippen LogP contribution >= 0.6 is 27.5 Å². The van der Waals surface area contributed by atoms with E-state index >= 15 is 0 Å². The van der Waals surface area contributed by atoms with E-state index in [0.717, 1.165) is 10.5 Å². The molecular formula is C19H16BrClN2O4. The predicted octanol–water partition coefficient (Wildman–Crippen LogP) is 5.71. The molecule has 0 saturated heterocycles. The fourth-order valence-electron chi connectivity index (χ4n) is 2.58. The molecule has 0 radical (unpaired) electrons. The molecule has 140 valence electrons. The molecule has 0 atom stereocenters. The third kappa shape index (κ3) is 4.26. The first-order chi connectivity index (χ1) is 13.0. The number of carboxylic acid groups (broad SMARTS) is 1. The fourth-order valence-corrected chi connectivity index (χ4v) is 3.26. The summed E-state index contributed by atoms with van der Waals surface area (Å²) >= 11 is 9.01. The number of benzene rings is 2. The van der Waals surface area contributed by atoms with Crippen LogP contribution in [0.4, 0.5) is 10.5 Å². The first kappa shape index (κ1) is 19.3. The molecule has 1 N–H and O–H groups in total. The maximum absolute atomic E-state index is 11.7. The Morgan fingerprint density at radius 3 is 2.81 bits per heavy atom. The van der Waals surface area contributed by atoms with Crippen LogP contribution in [0.5, 0.6) is 5.75 Å². The Hall–Kier alpha value is -2.51. The van der Waals surface area contributed by atoms with E-state index in [4.69, 9.17) is 20.8 Å². The number of hydrogen-bond donors (Lipinski definition) is 1. The minimum Gasteiger partial charge on any atom is -0.485 e. The van der Waals surface area contributed by atoms with Crippen molar-refractivity contribution in [3.63, 3.8) is 0 Å². The van der Waals surface area contributed by atoms with Gasteiger partial charge in [0.05, 0.1) is 10.2 Å². The molecule has 1 aromatic heterocycles. The number of amides is 1. The largest absolute Gasteiger partial charge is 0.485 e. The molecular weight excluding hydrogens is 436 g/mol. The molecule has 0 spiro atoms. The highest BCUT2D eigenvalue weighted by atomic mass is 79.9. The molecule has 0 aliphatic carbocycles. The minimum absolute atomic E-state index is 0.0812. The molecule has 0 bridgehead atoms. The van der Waals surface area contributed by atoms with Crippen LogP contribution in [-0.2, 0) is 6.61 Å². The van der Waals surface area contributed by atoms with Crippen molar-refractivity contribution in [3.8, 4) is 5.75 Å². The number of aromatic nitrogens is 1. The molecule has 27 heavy (non-hydrogen) atoms. The second-order valence-corrected chi connectivity index (χ2v) is 6.69. The van der Waals surface area contributed by atoms with Gasteiger partial charge < -0.3 is 14.3 Å². The topological polar surface area (TPSA) is 75.8 Å². The summed E-state index contributed by atoms with van der Waals surface area (Å²) in [6.45, 7) is 2.11. The van der Waals surface area contributed by atoms with Crippen LogP contribution in [0.2, 0.25) is 0 Å². The van der Waals surface area contributed by atoms with Gasteiger partial charge in [0.2, 0.25) is 0 Å². The van der Waals surface area contributed by atoms with Crippen LogP contribution in [-0.4, -0.2) is 22.7 Å². The van der Waals surface area contributed by atoms with Gasteiger partial charge in [0, 0.05) is 25.1 Å². The molecule has 0 saturated carbocycles. The molecule has 0 unspecified atom stereocenters. The van der Waals surface area contributed by atoms with Crippen LogP contribution in [0.15, 0.2) is 56.9 Å². The zero-order chi connectivity index (χ0) is 19.4. The van der Waals surface area contributed by atoms with E-state index in [9.17, 15) is 9.90 Å². The van der Waals surface area contributed by atoms with Gasteiger partial charge in [0.15, 0.2) is 17.2 Å². The first-order valence-electron chi connectivity index (χ1n) is 8.03. The average molecular weight is 452 g/mol. The lowest BCUT2D eigenvalue weighted by atomic mass is 10.2. The van der Waals surface area contributed by atoms with Crippen LogP contribution in [0.1, 0.15) is 11.5 Å². The lowest BCUT2D eigenvalue weighted by molar-refractivity contribution is 0.202. The van der Waals surface area contributed by atoms with E-state index in [0.29, 0.717) is 39.5 Å². The Morgan fingerprint density at radius 2 is 2.15 bits per heavy atom. The Morgan fingerprint density at radius 1 is 1.41 bits per heavy atom. The number of carbonyl (C=O) groups is 1. The molecule has 0 aliphatic rings. The van der Waals surface area contributed by atoms with Crippen molar-refractivity contribution in [2.75, 3.05) is 11.4 Å². The van der Waals surface area contributed by atoms with Crippen LogP contribution < -0.4 is 9.64 Å². The van der Waals surface area contributed by atoms with E-state index in [-0.39, 0.29) is 6.54 Å². The molecule has 1 heterocycles. The summed E-state index contributed by atoms with van der Waals surface area (Å²) < 4.78 is 12.1.